The van der Waals surface area contributed by atoms with Crippen molar-refractivity contribution in [3.63, 3.8) is 0 Å². The molecule has 0 aliphatic heterocycles. The SMILES string of the molecule is COCCCN=C1CCc2c(Oc3cc(F)cc(C#N)c3)ccc(S(C)(=O)=NC#N)c21. The summed E-state index contributed by atoms with van der Waals surface area (Å²) in [6.45, 7) is 1.12. The maximum atomic E-state index is 13.8. The minimum Gasteiger partial charge on any atom is -0.457 e. The smallest absolute Gasteiger partial charge is 0.214 e. The van der Waals surface area contributed by atoms with Crippen molar-refractivity contribution in [2.45, 2.75) is 24.2 Å². The number of nitrogens with zero attached hydrogens (tertiary/aromatic N) is 4. The van der Waals surface area contributed by atoms with Gasteiger partial charge in [-0.2, -0.15) is 10.5 Å². The molecule has 0 saturated carbocycles. The average molecular weight is 441 g/mol. The molecule has 31 heavy (non-hydrogen) atoms. The fourth-order valence-corrected chi connectivity index (χ4v) is 4.67. The Morgan fingerprint density at radius 3 is 2.74 bits per heavy atom. The Morgan fingerprint density at radius 2 is 2.03 bits per heavy atom. The first kappa shape index (κ1) is 22.4. The van der Waals surface area contributed by atoms with Crippen LogP contribution in [0.4, 0.5) is 4.39 Å². The number of hydrogen-bond acceptors (Lipinski definition) is 7. The monoisotopic (exact) mass is 440 g/mol. The van der Waals surface area contributed by atoms with E-state index in [0.29, 0.717) is 42.2 Å². The minimum atomic E-state index is -2.96. The van der Waals surface area contributed by atoms with Gasteiger partial charge in [-0.05, 0) is 43.5 Å². The number of fused-ring (bicyclic) bond motifs is 1. The summed E-state index contributed by atoms with van der Waals surface area (Å²) in [5, 5.41) is 18.1. The van der Waals surface area contributed by atoms with Crippen molar-refractivity contribution in [2.24, 2.45) is 9.36 Å². The van der Waals surface area contributed by atoms with Gasteiger partial charge in [0.2, 0.25) is 6.19 Å². The second-order valence-electron chi connectivity index (χ2n) is 6.97. The van der Waals surface area contributed by atoms with E-state index in [-0.39, 0.29) is 11.3 Å². The molecule has 9 heteroatoms. The second kappa shape index (κ2) is 9.69. The van der Waals surface area contributed by atoms with E-state index in [1.54, 1.807) is 25.4 Å². The lowest BCUT2D eigenvalue weighted by Gasteiger charge is -2.15. The molecule has 0 fully saturated rings. The normalized spacial score (nSPS) is 15.6. The van der Waals surface area contributed by atoms with Gasteiger partial charge in [-0.1, -0.05) is 0 Å². The van der Waals surface area contributed by atoms with Gasteiger partial charge < -0.3 is 9.47 Å². The summed E-state index contributed by atoms with van der Waals surface area (Å²) >= 11 is 0. The number of methoxy groups -OCH3 is 1. The third kappa shape index (κ3) is 5.08. The Hall–Kier alpha value is -3.27. The van der Waals surface area contributed by atoms with Gasteiger partial charge >= 0.3 is 0 Å². The zero-order valence-corrected chi connectivity index (χ0v) is 18.0. The van der Waals surface area contributed by atoms with Crippen LogP contribution in [0, 0.1) is 28.6 Å². The molecule has 160 valence electrons. The molecule has 1 unspecified atom stereocenters. The fraction of sp³-hybridized carbons (Fsp3) is 0.318. The summed E-state index contributed by atoms with van der Waals surface area (Å²) in [6, 6.07) is 8.92. The molecule has 1 aliphatic rings. The molecule has 0 N–H and O–H groups in total. The van der Waals surface area contributed by atoms with Gasteiger partial charge in [-0.3, -0.25) is 4.99 Å². The number of rotatable bonds is 7. The molecule has 0 bridgehead atoms. The number of nitriles is 2. The number of hydrogen-bond donors (Lipinski definition) is 0. The van der Waals surface area contributed by atoms with Gasteiger partial charge in [0.05, 0.1) is 26.3 Å². The van der Waals surface area contributed by atoms with Crippen molar-refractivity contribution < 1.29 is 18.1 Å². The van der Waals surface area contributed by atoms with E-state index < -0.39 is 15.5 Å². The molecule has 3 rings (SSSR count). The Kier molecular flexibility index (Phi) is 7.01. The summed E-state index contributed by atoms with van der Waals surface area (Å²) < 4.78 is 41.5. The standard InChI is InChI=1S/C22H21FN4O3S/c1-29-9-3-8-26-19-5-4-18-20(30-17-11-15(13-24)10-16(23)12-17)6-7-21(22(18)19)31(2,28)27-14-25/h6-7,10-12H,3-5,8-9H2,1-2H3. The first-order valence-corrected chi connectivity index (χ1v) is 11.5. The van der Waals surface area contributed by atoms with Crippen molar-refractivity contribution in [1.82, 2.24) is 0 Å². The largest absolute Gasteiger partial charge is 0.457 e. The van der Waals surface area contributed by atoms with Crippen LogP contribution < -0.4 is 4.74 Å². The number of aliphatic imine (C=N–C) groups is 1. The van der Waals surface area contributed by atoms with Crippen LogP contribution in [0.5, 0.6) is 11.5 Å². The lowest BCUT2D eigenvalue weighted by molar-refractivity contribution is 0.197. The molecule has 7 nitrogen and oxygen atoms in total. The molecule has 1 aliphatic carbocycles. The van der Waals surface area contributed by atoms with Crippen LogP contribution in [0.2, 0.25) is 0 Å². The van der Waals surface area contributed by atoms with Crippen molar-refractivity contribution in [1.29, 1.82) is 10.5 Å². The second-order valence-corrected chi connectivity index (χ2v) is 9.20. The Morgan fingerprint density at radius 1 is 1.23 bits per heavy atom. The molecule has 1 atom stereocenters. The maximum absolute atomic E-state index is 13.8. The highest BCUT2D eigenvalue weighted by molar-refractivity contribution is 7.93. The van der Waals surface area contributed by atoms with Gasteiger partial charge in [0, 0.05) is 49.4 Å². The first-order chi connectivity index (χ1) is 14.9. The summed E-state index contributed by atoms with van der Waals surface area (Å²) in [5.74, 6) is 0.0746. The van der Waals surface area contributed by atoms with Gasteiger partial charge in [-0.15, -0.1) is 4.36 Å². The van der Waals surface area contributed by atoms with Crippen molar-refractivity contribution in [2.75, 3.05) is 26.5 Å². The Bertz CT molecular complexity index is 1230. The van der Waals surface area contributed by atoms with Crippen LogP contribution in [-0.4, -0.2) is 36.4 Å². The lowest BCUT2D eigenvalue weighted by Crippen LogP contribution is -2.08. The lowest BCUT2D eigenvalue weighted by atomic mass is 10.1. The zero-order valence-electron chi connectivity index (χ0n) is 17.2. The zero-order chi connectivity index (χ0) is 22.4. The fourth-order valence-electron chi connectivity index (χ4n) is 3.47. The predicted octanol–water partition coefficient (Wildman–Crippen LogP) is 4.20. The van der Waals surface area contributed by atoms with E-state index in [0.717, 1.165) is 23.8 Å². The van der Waals surface area contributed by atoms with Crippen molar-refractivity contribution >= 4 is 15.4 Å². The van der Waals surface area contributed by atoms with Crippen molar-refractivity contribution in [3.05, 3.63) is 52.8 Å². The molecule has 0 saturated heterocycles. The molecular weight excluding hydrogens is 419 g/mol. The topological polar surface area (TPSA) is 108 Å². The molecule has 0 amide bonds. The Balaban J connectivity index is 2.09. The molecule has 2 aromatic rings. The van der Waals surface area contributed by atoms with Crippen LogP contribution in [0.15, 0.2) is 44.6 Å². The minimum absolute atomic E-state index is 0.146. The van der Waals surface area contributed by atoms with E-state index in [1.165, 1.54) is 18.4 Å². The number of halogens is 1. The highest BCUT2D eigenvalue weighted by Gasteiger charge is 2.28. The maximum Gasteiger partial charge on any atom is 0.214 e. The van der Waals surface area contributed by atoms with E-state index in [4.69, 9.17) is 20.0 Å². The van der Waals surface area contributed by atoms with E-state index in [1.807, 2.05) is 6.07 Å². The van der Waals surface area contributed by atoms with Crippen LogP contribution in [0.25, 0.3) is 0 Å². The molecular formula is C22H21FN4O3S. The van der Waals surface area contributed by atoms with Crippen LogP contribution in [0.3, 0.4) is 0 Å². The Labute approximate surface area is 180 Å². The van der Waals surface area contributed by atoms with Crippen LogP contribution in [0.1, 0.15) is 29.5 Å². The highest BCUT2D eigenvalue weighted by atomic mass is 32.2. The van der Waals surface area contributed by atoms with Crippen LogP contribution >= 0.6 is 0 Å². The molecule has 0 radical (unpaired) electrons. The quantitative estimate of drug-likeness (QED) is 0.474. The van der Waals surface area contributed by atoms with Crippen molar-refractivity contribution in [3.8, 4) is 23.8 Å². The molecule has 2 aromatic carbocycles. The van der Waals surface area contributed by atoms with E-state index >= 15 is 0 Å². The van der Waals surface area contributed by atoms with Gasteiger partial charge in [-0.25, -0.2) is 8.60 Å². The summed E-state index contributed by atoms with van der Waals surface area (Å²) in [5.41, 5.74) is 2.35. The predicted molar refractivity (Wildman–Crippen MR) is 114 cm³/mol. The molecule has 0 heterocycles. The van der Waals surface area contributed by atoms with E-state index in [9.17, 15) is 8.60 Å². The van der Waals surface area contributed by atoms with Gasteiger partial charge in [0.25, 0.3) is 0 Å². The summed E-state index contributed by atoms with van der Waals surface area (Å²) in [7, 11) is -1.34. The third-order valence-corrected chi connectivity index (χ3v) is 6.38. The summed E-state index contributed by atoms with van der Waals surface area (Å²) in [6.07, 6.45) is 5.00. The molecule has 0 spiro atoms. The highest BCUT2D eigenvalue weighted by Crippen LogP contribution is 2.38. The van der Waals surface area contributed by atoms with Crippen LogP contribution in [-0.2, 0) is 20.9 Å². The first-order valence-electron chi connectivity index (χ1n) is 9.57. The number of benzene rings is 2. The average Bonchev–Trinajstić information content (AvgIpc) is 3.15. The van der Waals surface area contributed by atoms with Gasteiger partial charge in [0.1, 0.15) is 17.3 Å². The number of ether oxygens (including phenoxy) is 2. The van der Waals surface area contributed by atoms with Gasteiger partial charge in [0.15, 0.2) is 0 Å². The van der Waals surface area contributed by atoms with E-state index in [2.05, 4.69) is 9.36 Å². The summed E-state index contributed by atoms with van der Waals surface area (Å²) in [4.78, 5) is 5.08. The molecule has 0 aromatic heterocycles. The third-order valence-electron chi connectivity index (χ3n) is 4.79.